The highest BCUT2D eigenvalue weighted by atomic mass is 19.4. The first-order valence-corrected chi connectivity index (χ1v) is 6.43. The summed E-state index contributed by atoms with van der Waals surface area (Å²) in [4.78, 5) is 24.0. The maximum atomic E-state index is 12.7. The summed E-state index contributed by atoms with van der Waals surface area (Å²) < 4.78 is 43.0. The predicted octanol–water partition coefficient (Wildman–Crippen LogP) is 2.78. The maximum Gasteiger partial charge on any atom is 0.410 e. The lowest BCUT2D eigenvalue weighted by molar-refractivity contribution is -0.187. The van der Waals surface area contributed by atoms with Crippen LogP contribution in [-0.2, 0) is 16.1 Å². The normalized spacial score (nSPS) is 19.5. The van der Waals surface area contributed by atoms with Crippen LogP contribution in [0.2, 0.25) is 0 Å². The van der Waals surface area contributed by atoms with Gasteiger partial charge in [0.05, 0.1) is 0 Å². The molecule has 2 rings (SSSR count). The van der Waals surface area contributed by atoms with Crippen LogP contribution >= 0.6 is 0 Å². The Morgan fingerprint density at radius 1 is 1.29 bits per heavy atom. The molecule has 0 N–H and O–H groups in total. The van der Waals surface area contributed by atoms with Gasteiger partial charge in [-0.1, -0.05) is 30.3 Å². The Labute approximate surface area is 119 Å². The fraction of sp³-hybridized carbons (Fsp3) is 0.429. The second kappa shape index (κ2) is 6.15. The molecule has 0 aromatic heterocycles. The number of benzene rings is 1. The van der Waals surface area contributed by atoms with Crippen molar-refractivity contribution < 1.29 is 27.5 Å². The van der Waals surface area contributed by atoms with Gasteiger partial charge in [0.1, 0.15) is 18.3 Å². The second-order valence-corrected chi connectivity index (χ2v) is 4.80. The molecule has 0 bridgehead atoms. The average Bonchev–Trinajstić information content (AvgIpc) is 2.45. The molecule has 0 aliphatic carbocycles. The monoisotopic (exact) mass is 301 g/mol. The van der Waals surface area contributed by atoms with Crippen LogP contribution in [0.15, 0.2) is 30.3 Å². The van der Waals surface area contributed by atoms with Crippen LogP contribution in [0, 0.1) is 5.92 Å². The molecule has 4 nitrogen and oxygen atoms in total. The van der Waals surface area contributed by atoms with Crippen LogP contribution in [-0.4, -0.2) is 36.0 Å². The largest absolute Gasteiger partial charge is 0.445 e. The number of hydrogen-bond donors (Lipinski definition) is 0. The summed E-state index contributed by atoms with van der Waals surface area (Å²) in [6.07, 6.45) is -5.76. The molecular weight excluding hydrogens is 287 g/mol. The zero-order valence-corrected chi connectivity index (χ0v) is 11.1. The van der Waals surface area contributed by atoms with E-state index < -0.39 is 30.5 Å². The maximum absolute atomic E-state index is 12.7. The number of carbonyl (C=O) groups excluding carboxylic acids is 2. The SMILES string of the molecule is O=C1CCN(C(=O)OCc2ccccc2)CC1C(F)(F)F. The summed E-state index contributed by atoms with van der Waals surface area (Å²) in [5.41, 5.74) is 0.742. The number of halogens is 3. The predicted molar refractivity (Wildman–Crippen MR) is 67.4 cm³/mol. The number of carbonyl (C=O) groups is 2. The molecule has 1 aliphatic heterocycles. The van der Waals surface area contributed by atoms with Crippen molar-refractivity contribution in [3.63, 3.8) is 0 Å². The molecule has 1 aromatic rings. The first-order valence-electron chi connectivity index (χ1n) is 6.43. The van der Waals surface area contributed by atoms with Gasteiger partial charge < -0.3 is 9.64 Å². The van der Waals surface area contributed by atoms with E-state index in [0.29, 0.717) is 0 Å². The van der Waals surface area contributed by atoms with Crippen molar-refractivity contribution in [2.24, 2.45) is 5.92 Å². The Hall–Kier alpha value is -2.05. The minimum absolute atomic E-state index is 0.0131. The van der Waals surface area contributed by atoms with Gasteiger partial charge in [-0.2, -0.15) is 13.2 Å². The summed E-state index contributed by atoms with van der Waals surface area (Å²) in [5.74, 6) is -3.00. The zero-order valence-electron chi connectivity index (χ0n) is 11.1. The first kappa shape index (κ1) is 15.3. The van der Waals surface area contributed by atoms with Gasteiger partial charge in [0, 0.05) is 19.5 Å². The standard InChI is InChI=1S/C14H14F3NO3/c15-14(16,17)11-8-18(7-6-12(11)19)13(20)21-9-10-4-2-1-3-5-10/h1-5,11H,6-9H2. The van der Waals surface area contributed by atoms with Gasteiger partial charge in [-0.15, -0.1) is 0 Å². The molecule has 0 saturated carbocycles. The van der Waals surface area contributed by atoms with Crippen molar-refractivity contribution in [2.45, 2.75) is 19.2 Å². The third-order valence-electron chi connectivity index (χ3n) is 3.28. The quantitative estimate of drug-likeness (QED) is 0.844. The third kappa shape index (κ3) is 3.96. The molecule has 1 amide bonds. The van der Waals surface area contributed by atoms with Crippen LogP contribution in [0.5, 0.6) is 0 Å². The Bertz CT molecular complexity index is 516. The van der Waals surface area contributed by atoms with Crippen LogP contribution in [0.1, 0.15) is 12.0 Å². The Morgan fingerprint density at radius 2 is 1.95 bits per heavy atom. The van der Waals surface area contributed by atoms with Crippen molar-refractivity contribution in [2.75, 3.05) is 13.1 Å². The number of amides is 1. The van der Waals surface area contributed by atoms with Crippen molar-refractivity contribution in [1.82, 2.24) is 4.90 Å². The van der Waals surface area contributed by atoms with Gasteiger partial charge in [-0.05, 0) is 5.56 Å². The number of piperidine rings is 1. The molecule has 1 heterocycles. The highest BCUT2D eigenvalue weighted by Crippen LogP contribution is 2.31. The topological polar surface area (TPSA) is 46.6 Å². The summed E-state index contributed by atoms with van der Waals surface area (Å²) in [6.45, 7) is -0.726. The van der Waals surface area contributed by atoms with E-state index in [4.69, 9.17) is 4.74 Å². The highest BCUT2D eigenvalue weighted by Gasteiger charge is 2.48. The van der Waals surface area contributed by atoms with Gasteiger partial charge in [0.2, 0.25) is 0 Å². The van der Waals surface area contributed by atoms with Crippen LogP contribution < -0.4 is 0 Å². The lowest BCUT2D eigenvalue weighted by Crippen LogP contribution is -2.49. The molecule has 21 heavy (non-hydrogen) atoms. The van der Waals surface area contributed by atoms with Crippen molar-refractivity contribution in [3.8, 4) is 0 Å². The fourth-order valence-corrected chi connectivity index (χ4v) is 2.10. The number of hydrogen-bond acceptors (Lipinski definition) is 3. The molecule has 1 saturated heterocycles. The van der Waals surface area contributed by atoms with Gasteiger partial charge in [0.15, 0.2) is 0 Å². The number of likely N-dealkylation sites (tertiary alicyclic amines) is 1. The van der Waals surface area contributed by atoms with E-state index in [1.54, 1.807) is 30.3 Å². The molecular formula is C14H14F3NO3. The van der Waals surface area contributed by atoms with Crippen LogP contribution in [0.4, 0.5) is 18.0 Å². The number of alkyl halides is 3. The lowest BCUT2D eigenvalue weighted by Gasteiger charge is -2.31. The number of Topliss-reactive ketones (excluding diaryl/α,β-unsaturated/α-hetero) is 1. The van der Waals surface area contributed by atoms with Crippen molar-refractivity contribution in [3.05, 3.63) is 35.9 Å². The van der Waals surface area contributed by atoms with Gasteiger partial charge >= 0.3 is 12.3 Å². The molecule has 1 aliphatic rings. The molecule has 1 atom stereocenters. The number of ketones is 1. The number of rotatable bonds is 2. The Balaban J connectivity index is 1.92. The number of ether oxygens (including phenoxy) is 1. The molecule has 114 valence electrons. The van der Waals surface area contributed by atoms with Gasteiger partial charge in [0.25, 0.3) is 0 Å². The van der Waals surface area contributed by atoms with Crippen LogP contribution in [0.3, 0.4) is 0 Å². The minimum atomic E-state index is -4.63. The molecule has 1 aromatic carbocycles. The van der Waals surface area contributed by atoms with E-state index in [9.17, 15) is 22.8 Å². The highest BCUT2D eigenvalue weighted by molar-refractivity contribution is 5.84. The van der Waals surface area contributed by atoms with E-state index in [2.05, 4.69) is 0 Å². The smallest absolute Gasteiger partial charge is 0.410 e. The third-order valence-corrected chi connectivity index (χ3v) is 3.28. The summed E-state index contributed by atoms with van der Waals surface area (Å²) in [7, 11) is 0. The number of nitrogens with zero attached hydrogens (tertiary/aromatic N) is 1. The summed E-state index contributed by atoms with van der Waals surface area (Å²) in [5, 5.41) is 0. The van der Waals surface area contributed by atoms with Gasteiger partial charge in [-0.3, -0.25) is 4.79 Å². The molecule has 0 spiro atoms. The molecule has 0 radical (unpaired) electrons. The minimum Gasteiger partial charge on any atom is -0.445 e. The lowest BCUT2D eigenvalue weighted by atomic mass is 9.96. The van der Waals surface area contributed by atoms with Crippen LogP contribution in [0.25, 0.3) is 0 Å². The summed E-state index contributed by atoms with van der Waals surface area (Å²) >= 11 is 0. The summed E-state index contributed by atoms with van der Waals surface area (Å²) in [6, 6.07) is 8.82. The first-order chi connectivity index (χ1) is 9.88. The zero-order chi connectivity index (χ0) is 15.5. The Kier molecular flexibility index (Phi) is 4.50. The molecule has 1 fully saturated rings. The van der Waals surface area contributed by atoms with Crippen molar-refractivity contribution >= 4 is 11.9 Å². The van der Waals surface area contributed by atoms with E-state index in [-0.39, 0.29) is 19.6 Å². The van der Waals surface area contributed by atoms with E-state index in [0.717, 1.165) is 10.5 Å². The average molecular weight is 301 g/mol. The second-order valence-electron chi connectivity index (χ2n) is 4.80. The fourth-order valence-electron chi connectivity index (χ4n) is 2.10. The van der Waals surface area contributed by atoms with E-state index >= 15 is 0 Å². The molecule has 1 unspecified atom stereocenters. The van der Waals surface area contributed by atoms with Crippen molar-refractivity contribution in [1.29, 1.82) is 0 Å². The van der Waals surface area contributed by atoms with E-state index in [1.165, 1.54) is 0 Å². The Morgan fingerprint density at radius 3 is 2.57 bits per heavy atom. The van der Waals surface area contributed by atoms with E-state index in [1.807, 2.05) is 0 Å². The van der Waals surface area contributed by atoms with Gasteiger partial charge in [-0.25, -0.2) is 4.79 Å². The molecule has 7 heteroatoms.